The smallest absolute Gasteiger partial charge is 0.422 e. The maximum absolute atomic E-state index is 11.9. The molecule has 0 spiro atoms. The van der Waals surface area contributed by atoms with E-state index in [0.717, 1.165) is 0 Å². The van der Waals surface area contributed by atoms with Crippen molar-refractivity contribution < 1.29 is 17.9 Å². The first-order valence-corrected chi connectivity index (χ1v) is 4.49. The van der Waals surface area contributed by atoms with Crippen LogP contribution in [0.4, 0.5) is 13.2 Å². The van der Waals surface area contributed by atoms with E-state index < -0.39 is 24.4 Å². The van der Waals surface area contributed by atoms with E-state index in [1.165, 1.54) is 18.5 Å². The molecule has 0 saturated heterocycles. The molecule has 17 heavy (non-hydrogen) atoms. The third-order valence-corrected chi connectivity index (χ3v) is 1.86. The van der Waals surface area contributed by atoms with Crippen molar-refractivity contribution in [3.63, 3.8) is 0 Å². The van der Waals surface area contributed by atoms with E-state index in [1.807, 2.05) is 0 Å². The van der Waals surface area contributed by atoms with Crippen molar-refractivity contribution in [3.8, 4) is 6.01 Å². The number of aromatic amines is 1. The van der Waals surface area contributed by atoms with Crippen molar-refractivity contribution in [2.75, 3.05) is 6.61 Å². The highest BCUT2D eigenvalue weighted by Crippen LogP contribution is 2.16. The molecule has 90 valence electrons. The number of pyridine rings is 1. The molecule has 8 heteroatoms. The van der Waals surface area contributed by atoms with E-state index in [9.17, 15) is 18.0 Å². The van der Waals surface area contributed by atoms with Gasteiger partial charge in [0.25, 0.3) is 11.6 Å². The summed E-state index contributed by atoms with van der Waals surface area (Å²) in [4.78, 5) is 21.0. The topological polar surface area (TPSA) is 67.9 Å². The quantitative estimate of drug-likeness (QED) is 0.864. The summed E-state index contributed by atoms with van der Waals surface area (Å²) in [5, 5.41) is 0.236. The van der Waals surface area contributed by atoms with Gasteiger partial charge in [-0.15, -0.1) is 0 Å². The molecule has 2 heterocycles. The molecular weight excluding hydrogens is 239 g/mol. The third-order valence-electron chi connectivity index (χ3n) is 1.86. The summed E-state index contributed by atoms with van der Waals surface area (Å²) in [5.41, 5.74) is -0.400. The van der Waals surface area contributed by atoms with E-state index in [1.54, 1.807) is 0 Å². The molecule has 0 aliphatic heterocycles. The fourth-order valence-electron chi connectivity index (χ4n) is 1.19. The highest BCUT2D eigenvalue weighted by atomic mass is 19.4. The van der Waals surface area contributed by atoms with Crippen molar-refractivity contribution in [2.45, 2.75) is 6.18 Å². The van der Waals surface area contributed by atoms with Crippen molar-refractivity contribution in [2.24, 2.45) is 0 Å². The predicted molar refractivity (Wildman–Crippen MR) is 51.7 cm³/mol. The molecule has 0 saturated carbocycles. The van der Waals surface area contributed by atoms with Crippen LogP contribution in [0.15, 0.2) is 23.3 Å². The highest BCUT2D eigenvalue weighted by molar-refractivity contribution is 5.76. The Morgan fingerprint density at radius 2 is 2.18 bits per heavy atom. The van der Waals surface area contributed by atoms with Crippen molar-refractivity contribution in [1.29, 1.82) is 0 Å². The SMILES string of the molecule is O=c1[nH]c(OCC(F)(F)F)nc2cnccc12. The Morgan fingerprint density at radius 3 is 2.88 bits per heavy atom. The number of fused-ring (bicyclic) bond motifs is 1. The van der Waals surface area contributed by atoms with E-state index in [-0.39, 0.29) is 10.9 Å². The van der Waals surface area contributed by atoms with Gasteiger partial charge in [0.05, 0.1) is 17.1 Å². The molecule has 0 aromatic carbocycles. The Hall–Kier alpha value is -2.12. The zero-order valence-electron chi connectivity index (χ0n) is 8.28. The minimum Gasteiger partial charge on any atom is -0.455 e. The molecule has 0 atom stereocenters. The number of halogens is 3. The lowest BCUT2D eigenvalue weighted by Gasteiger charge is -2.07. The van der Waals surface area contributed by atoms with E-state index in [0.29, 0.717) is 0 Å². The Balaban J connectivity index is 2.34. The number of hydrogen-bond acceptors (Lipinski definition) is 4. The van der Waals surface area contributed by atoms with Gasteiger partial charge in [-0.05, 0) is 6.07 Å². The van der Waals surface area contributed by atoms with Crippen LogP contribution in [-0.2, 0) is 0 Å². The van der Waals surface area contributed by atoms with Gasteiger partial charge in [-0.25, -0.2) is 0 Å². The van der Waals surface area contributed by atoms with Crippen LogP contribution in [0, 0.1) is 0 Å². The predicted octanol–water partition coefficient (Wildman–Crippen LogP) is 1.26. The van der Waals surface area contributed by atoms with Crippen LogP contribution in [0.1, 0.15) is 0 Å². The molecule has 1 N–H and O–H groups in total. The van der Waals surface area contributed by atoms with Gasteiger partial charge >= 0.3 is 6.18 Å². The Bertz CT molecular complexity index is 594. The van der Waals surface area contributed by atoms with Crippen LogP contribution < -0.4 is 10.3 Å². The first-order chi connectivity index (χ1) is 7.96. The van der Waals surface area contributed by atoms with Gasteiger partial charge < -0.3 is 4.74 Å². The third kappa shape index (κ3) is 2.71. The second-order valence-corrected chi connectivity index (χ2v) is 3.17. The molecule has 2 aromatic heterocycles. The first-order valence-electron chi connectivity index (χ1n) is 4.49. The van der Waals surface area contributed by atoms with E-state index in [2.05, 4.69) is 19.7 Å². The summed E-state index contributed by atoms with van der Waals surface area (Å²) < 4.78 is 40.0. The van der Waals surface area contributed by atoms with E-state index >= 15 is 0 Å². The molecule has 0 radical (unpaired) electrons. The van der Waals surface area contributed by atoms with Gasteiger partial charge in [0.15, 0.2) is 6.61 Å². The Labute approximate surface area is 92.3 Å². The second-order valence-electron chi connectivity index (χ2n) is 3.17. The molecule has 0 aliphatic rings. The highest BCUT2D eigenvalue weighted by Gasteiger charge is 2.28. The minimum atomic E-state index is -4.48. The number of alkyl halides is 3. The van der Waals surface area contributed by atoms with Crippen molar-refractivity contribution in [1.82, 2.24) is 15.0 Å². The number of nitrogens with zero attached hydrogens (tertiary/aromatic N) is 2. The molecule has 0 aliphatic carbocycles. The zero-order chi connectivity index (χ0) is 12.5. The molecule has 0 fully saturated rings. The minimum absolute atomic E-state index is 0.174. The fourth-order valence-corrected chi connectivity index (χ4v) is 1.19. The summed E-state index contributed by atoms with van der Waals surface area (Å²) in [7, 11) is 0. The van der Waals surface area contributed by atoms with Crippen LogP contribution in [0.3, 0.4) is 0 Å². The van der Waals surface area contributed by atoms with Gasteiger partial charge in [-0.2, -0.15) is 18.2 Å². The second kappa shape index (κ2) is 4.04. The number of ether oxygens (including phenoxy) is 1. The molecule has 0 unspecified atom stereocenters. The number of nitrogens with one attached hydrogen (secondary N) is 1. The van der Waals surface area contributed by atoms with Crippen LogP contribution >= 0.6 is 0 Å². The monoisotopic (exact) mass is 245 g/mol. The largest absolute Gasteiger partial charge is 0.455 e. The van der Waals surface area contributed by atoms with Crippen LogP contribution in [0.5, 0.6) is 6.01 Å². The summed E-state index contributed by atoms with van der Waals surface area (Å²) in [5.74, 6) is 0. The average molecular weight is 245 g/mol. The summed E-state index contributed by atoms with van der Waals surface area (Å²) in [6.07, 6.45) is -1.83. The molecule has 2 rings (SSSR count). The van der Waals surface area contributed by atoms with Gasteiger partial charge in [-0.3, -0.25) is 14.8 Å². The summed E-state index contributed by atoms with van der Waals surface area (Å²) >= 11 is 0. The zero-order valence-corrected chi connectivity index (χ0v) is 8.28. The van der Waals surface area contributed by atoms with Gasteiger partial charge in [-0.1, -0.05) is 0 Å². The van der Waals surface area contributed by atoms with Crippen LogP contribution in [0.25, 0.3) is 10.9 Å². The maximum Gasteiger partial charge on any atom is 0.422 e. The number of H-pyrrole nitrogens is 1. The lowest BCUT2D eigenvalue weighted by atomic mass is 10.3. The standard InChI is InChI=1S/C9H6F3N3O2/c10-9(11,12)4-17-8-14-6-3-13-2-1-5(6)7(16)15-8/h1-3H,4H2,(H,14,15,16). The average Bonchev–Trinajstić information content (AvgIpc) is 2.26. The van der Waals surface area contributed by atoms with E-state index in [4.69, 9.17) is 0 Å². The summed E-state index contributed by atoms with van der Waals surface area (Å²) in [6, 6.07) is 0.933. The number of rotatable bonds is 2. The molecule has 0 amide bonds. The molecule has 0 bridgehead atoms. The lowest BCUT2D eigenvalue weighted by Crippen LogP contribution is -2.21. The Kier molecular flexibility index (Phi) is 2.70. The van der Waals surface area contributed by atoms with Crippen LogP contribution in [0.2, 0.25) is 0 Å². The van der Waals surface area contributed by atoms with Crippen LogP contribution in [-0.4, -0.2) is 27.7 Å². The lowest BCUT2D eigenvalue weighted by molar-refractivity contribution is -0.154. The Morgan fingerprint density at radius 1 is 1.41 bits per heavy atom. The first kappa shape index (κ1) is 11.4. The fraction of sp³-hybridized carbons (Fsp3) is 0.222. The van der Waals surface area contributed by atoms with Crippen molar-refractivity contribution in [3.05, 3.63) is 28.8 Å². The number of aromatic nitrogens is 3. The van der Waals surface area contributed by atoms with Gasteiger partial charge in [0, 0.05) is 6.20 Å². The molecule has 5 nitrogen and oxygen atoms in total. The van der Waals surface area contributed by atoms with Gasteiger partial charge in [0.2, 0.25) is 0 Å². The molecule has 2 aromatic rings. The normalized spacial score (nSPS) is 11.7. The summed E-state index contributed by atoms with van der Waals surface area (Å²) in [6.45, 7) is -1.51. The molecular formula is C9H6F3N3O2. The number of hydrogen-bond donors (Lipinski definition) is 1. The maximum atomic E-state index is 11.9. The van der Waals surface area contributed by atoms with Gasteiger partial charge in [0.1, 0.15) is 0 Å². The van der Waals surface area contributed by atoms with Crippen molar-refractivity contribution >= 4 is 10.9 Å².